The standard InChI is InChI=1S/C20H36N4O11/c25-11-15-19(29)21-1-3-31-5-7-33-8-6-32-4-2-22-20(30)16(12-26)24-18(28)14-35-10-9-34-13-17(27)23-15/h15-16,25-26H,1-14H2,(H,21,29)(H,22,30)(H,23,27)(H,24,28)/t15-,16-/m0/s1. The van der Waals surface area contributed by atoms with Gasteiger partial charge >= 0.3 is 0 Å². The molecule has 1 fully saturated rings. The van der Waals surface area contributed by atoms with E-state index in [-0.39, 0.29) is 52.7 Å². The van der Waals surface area contributed by atoms with E-state index in [1.54, 1.807) is 0 Å². The summed E-state index contributed by atoms with van der Waals surface area (Å²) in [5.74, 6) is -2.38. The fourth-order valence-corrected chi connectivity index (χ4v) is 2.59. The van der Waals surface area contributed by atoms with E-state index in [4.69, 9.17) is 23.7 Å². The van der Waals surface area contributed by atoms with E-state index in [0.717, 1.165) is 0 Å². The Labute approximate surface area is 203 Å². The predicted octanol–water partition coefficient (Wildman–Crippen LogP) is -4.73. The Balaban J connectivity index is 2.49. The average Bonchev–Trinajstić information content (AvgIpc) is 2.84. The molecular weight excluding hydrogens is 472 g/mol. The maximum absolute atomic E-state index is 12.1. The van der Waals surface area contributed by atoms with Crippen molar-refractivity contribution in [2.24, 2.45) is 0 Å². The van der Waals surface area contributed by atoms with Crippen LogP contribution < -0.4 is 21.3 Å². The van der Waals surface area contributed by atoms with Gasteiger partial charge in [-0.3, -0.25) is 19.2 Å². The first-order valence-corrected chi connectivity index (χ1v) is 11.2. The number of nitrogens with one attached hydrogen (secondary N) is 4. The maximum atomic E-state index is 12.1. The molecule has 0 radical (unpaired) electrons. The van der Waals surface area contributed by atoms with Gasteiger partial charge in [0.1, 0.15) is 25.3 Å². The van der Waals surface area contributed by atoms with Crippen molar-refractivity contribution in [2.75, 3.05) is 92.4 Å². The van der Waals surface area contributed by atoms with Gasteiger partial charge in [-0.1, -0.05) is 0 Å². The minimum Gasteiger partial charge on any atom is -0.394 e. The minimum absolute atomic E-state index is 0.0261. The van der Waals surface area contributed by atoms with Crippen LogP contribution in [-0.2, 0) is 42.9 Å². The molecule has 0 saturated carbocycles. The normalized spacial score (nSPS) is 24.9. The summed E-state index contributed by atoms with van der Waals surface area (Å²) in [6.07, 6.45) is 0. The molecular formula is C20H36N4O11. The van der Waals surface area contributed by atoms with Crippen molar-refractivity contribution in [3.8, 4) is 0 Å². The highest BCUT2D eigenvalue weighted by Gasteiger charge is 2.20. The zero-order chi connectivity index (χ0) is 25.7. The Kier molecular flexibility index (Phi) is 17.4. The zero-order valence-corrected chi connectivity index (χ0v) is 19.6. The van der Waals surface area contributed by atoms with Gasteiger partial charge in [0, 0.05) is 13.1 Å². The van der Waals surface area contributed by atoms with Crippen molar-refractivity contribution in [1.82, 2.24) is 21.3 Å². The molecule has 202 valence electrons. The van der Waals surface area contributed by atoms with E-state index in [2.05, 4.69) is 21.3 Å². The van der Waals surface area contributed by atoms with Gasteiger partial charge < -0.3 is 55.2 Å². The molecule has 0 aromatic heterocycles. The number of hydrogen-bond acceptors (Lipinski definition) is 11. The number of amides is 4. The van der Waals surface area contributed by atoms with E-state index in [9.17, 15) is 29.4 Å². The second kappa shape index (κ2) is 19.9. The third-order valence-corrected chi connectivity index (χ3v) is 4.34. The summed E-state index contributed by atoms with van der Waals surface area (Å²) in [6.45, 7) is -0.0324. The van der Waals surface area contributed by atoms with Crippen molar-refractivity contribution in [3.05, 3.63) is 0 Å². The number of ether oxygens (including phenoxy) is 5. The highest BCUT2D eigenvalue weighted by Crippen LogP contribution is 1.89. The van der Waals surface area contributed by atoms with Crippen LogP contribution in [0.4, 0.5) is 0 Å². The Bertz CT molecular complexity index is 586. The van der Waals surface area contributed by atoms with Crippen molar-refractivity contribution >= 4 is 23.6 Å². The summed E-state index contributed by atoms with van der Waals surface area (Å²) in [5, 5.41) is 28.5. The van der Waals surface area contributed by atoms with Crippen LogP contribution in [0.15, 0.2) is 0 Å². The molecule has 0 aliphatic carbocycles. The summed E-state index contributed by atoms with van der Waals surface area (Å²) in [7, 11) is 0. The van der Waals surface area contributed by atoms with Gasteiger partial charge in [-0.05, 0) is 0 Å². The summed E-state index contributed by atoms with van der Waals surface area (Å²) in [6, 6.07) is -2.29. The van der Waals surface area contributed by atoms with E-state index in [1.807, 2.05) is 0 Å². The first kappa shape index (κ1) is 30.6. The lowest BCUT2D eigenvalue weighted by Crippen LogP contribution is -2.50. The Hall–Kier alpha value is -2.40. The largest absolute Gasteiger partial charge is 0.394 e. The number of hydrogen-bond donors (Lipinski definition) is 6. The van der Waals surface area contributed by atoms with Gasteiger partial charge in [-0.2, -0.15) is 0 Å². The molecule has 1 rings (SSSR count). The van der Waals surface area contributed by atoms with Crippen LogP contribution >= 0.6 is 0 Å². The van der Waals surface area contributed by atoms with Crippen LogP contribution in [0.2, 0.25) is 0 Å². The molecule has 0 aromatic rings. The first-order chi connectivity index (χ1) is 17.0. The Morgan fingerprint density at radius 2 is 0.914 bits per heavy atom. The van der Waals surface area contributed by atoms with Crippen molar-refractivity contribution in [2.45, 2.75) is 12.1 Å². The van der Waals surface area contributed by atoms with Crippen LogP contribution in [0.1, 0.15) is 0 Å². The van der Waals surface area contributed by atoms with Crippen LogP contribution in [0.3, 0.4) is 0 Å². The molecule has 0 bridgehead atoms. The Morgan fingerprint density at radius 3 is 1.29 bits per heavy atom. The molecule has 15 heteroatoms. The molecule has 1 heterocycles. The molecule has 2 atom stereocenters. The molecule has 1 aliphatic heterocycles. The zero-order valence-electron chi connectivity index (χ0n) is 19.6. The fraction of sp³-hybridized carbons (Fsp3) is 0.800. The van der Waals surface area contributed by atoms with Crippen LogP contribution in [-0.4, -0.2) is 138 Å². The van der Waals surface area contributed by atoms with Gasteiger partial charge in [-0.15, -0.1) is 0 Å². The van der Waals surface area contributed by atoms with E-state index in [0.29, 0.717) is 26.4 Å². The van der Waals surface area contributed by atoms with Gasteiger partial charge in [-0.25, -0.2) is 0 Å². The van der Waals surface area contributed by atoms with E-state index in [1.165, 1.54) is 0 Å². The molecule has 0 aromatic carbocycles. The predicted molar refractivity (Wildman–Crippen MR) is 118 cm³/mol. The van der Waals surface area contributed by atoms with Gasteiger partial charge in [0.2, 0.25) is 23.6 Å². The molecule has 35 heavy (non-hydrogen) atoms. The lowest BCUT2D eigenvalue weighted by Gasteiger charge is -2.16. The highest BCUT2D eigenvalue weighted by molar-refractivity contribution is 5.88. The second-order valence-electron chi connectivity index (χ2n) is 7.13. The lowest BCUT2D eigenvalue weighted by molar-refractivity contribution is -0.134. The van der Waals surface area contributed by atoms with Crippen molar-refractivity contribution < 1.29 is 53.1 Å². The average molecular weight is 509 g/mol. The topological polar surface area (TPSA) is 203 Å². The summed E-state index contributed by atoms with van der Waals surface area (Å²) >= 11 is 0. The Morgan fingerprint density at radius 1 is 0.571 bits per heavy atom. The fourth-order valence-electron chi connectivity index (χ4n) is 2.59. The maximum Gasteiger partial charge on any atom is 0.246 e. The first-order valence-electron chi connectivity index (χ1n) is 11.2. The van der Waals surface area contributed by atoms with Crippen LogP contribution in [0.25, 0.3) is 0 Å². The SMILES string of the molecule is O=C1COCCOCC(=O)N[C@@H](CO)C(=O)NCCOCCOCCOCCNC(=O)[C@H](CO)N1. The van der Waals surface area contributed by atoms with E-state index >= 15 is 0 Å². The van der Waals surface area contributed by atoms with Gasteiger partial charge in [0.15, 0.2) is 0 Å². The molecule has 0 unspecified atom stereocenters. The van der Waals surface area contributed by atoms with Crippen molar-refractivity contribution in [3.63, 3.8) is 0 Å². The van der Waals surface area contributed by atoms with Crippen LogP contribution in [0.5, 0.6) is 0 Å². The smallest absolute Gasteiger partial charge is 0.246 e. The minimum atomic E-state index is -1.14. The lowest BCUT2D eigenvalue weighted by atomic mass is 10.3. The summed E-state index contributed by atoms with van der Waals surface area (Å²) < 4.78 is 26.2. The number of carbonyl (C=O) groups is 4. The molecule has 4 amide bonds. The highest BCUT2D eigenvalue weighted by atomic mass is 16.5. The van der Waals surface area contributed by atoms with Crippen LogP contribution in [0, 0.1) is 0 Å². The van der Waals surface area contributed by atoms with E-state index < -0.39 is 48.9 Å². The van der Waals surface area contributed by atoms with Gasteiger partial charge in [0.25, 0.3) is 0 Å². The third kappa shape index (κ3) is 15.3. The number of aliphatic hydroxyl groups is 2. The quantitative estimate of drug-likeness (QED) is 0.209. The summed E-state index contributed by atoms with van der Waals surface area (Å²) in [4.78, 5) is 47.9. The molecule has 15 nitrogen and oxygen atoms in total. The monoisotopic (exact) mass is 508 g/mol. The molecule has 1 saturated heterocycles. The molecule has 6 N–H and O–H groups in total. The molecule has 0 spiro atoms. The second-order valence-corrected chi connectivity index (χ2v) is 7.13. The summed E-state index contributed by atoms with van der Waals surface area (Å²) in [5.41, 5.74) is 0. The van der Waals surface area contributed by atoms with Crippen molar-refractivity contribution in [1.29, 1.82) is 0 Å². The van der Waals surface area contributed by atoms with Gasteiger partial charge in [0.05, 0.1) is 66.1 Å². The number of carbonyl (C=O) groups excluding carboxylic acids is 4. The number of aliphatic hydroxyl groups excluding tert-OH is 2. The molecule has 1 aliphatic rings. The third-order valence-electron chi connectivity index (χ3n) is 4.34. The number of rotatable bonds is 2.